The minimum Gasteiger partial charge on any atom is -0.366 e. The van der Waals surface area contributed by atoms with E-state index in [0.717, 1.165) is 0 Å². The van der Waals surface area contributed by atoms with Crippen molar-refractivity contribution in [3.8, 4) is 0 Å². The average Bonchev–Trinajstić information content (AvgIpc) is 2.54. The van der Waals surface area contributed by atoms with Crippen molar-refractivity contribution < 1.29 is 33.4 Å². The van der Waals surface area contributed by atoms with Gasteiger partial charge in [-0.05, 0) is 32.1 Å². The van der Waals surface area contributed by atoms with Gasteiger partial charge in [-0.2, -0.15) is 0 Å². The Labute approximate surface area is 157 Å². The standard InChI is InChI=1S/C16H37NO7P2/c1-7-14(24-6)17(15(8-2,9-3)12-25(18,19)20)16(10-4,11-5)13-26(21,22)23/h14H,7-13H2,1-6H3,(H2,18,19,20)(H2,21,22,23). The molecule has 0 amide bonds. The van der Waals surface area contributed by atoms with Crippen LogP contribution in [0.15, 0.2) is 0 Å². The highest BCUT2D eigenvalue weighted by atomic mass is 31.2. The molecule has 0 bridgehead atoms. The van der Waals surface area contributed by atoms with Crippen LogP contribution < -0.4 is 0 Å². The topological polar surface area (TPSA) is 128 Å². The van der Waals surface area contributed by atoms with Crippen LogP contribution in [-0.2, 0) is 13.9 Å². The van der Waals surface area contributed by atoms with Crippen LogP contribution in [0.5, 0.6) is 0 Å². The normalized spacial score (nSPS) is 15.5. The van der Waals surface area contributed by atoms with Crippen LogP contribution in [0, 0.1) is 0 Å². The first-order valence-electron chi connectivity index (χ1n) is 9.21. The molecule has 26 heavy (non-hydrogen) atoms. The molecule has 1 atom stereocenters. The van der Waals surface area contributed by atoms with Crippen LogP contribution in [0.3, 0.4) is 0 Å². The first-order chi connectivity index (χ1) is 11.8. The van der Waals surface area contributed by atoms with Crippen molar-refractivity contribution in [3.05, 3.63) is 0 Å². The lowest BCUT2D eigenvalue weighted by atomic mass is 9.82. The highest BCUT2D eigenvalue weighted by Crippen LogP contribution is 2.51. The summed E-state index contributed by atoms with van der Waals surface area (Å²) in [5.41, 5.74) is -1.87. The summed E-state index contributed by atoms with van der Waals surface area (Å²) in [5, 5.41) is 0. The molecule has 0 aromatic carbocycles. The molecule has 0 saturated heterocycles. The van der Waals surface area contributed by atoms with Gasteiger partial charge < -0.3 is 24.3 Å². The number of nitrogens with zero attached hydrogens (tertiary/aromatic N) is 1. The van der Waals surface area contributed by atoms with Crippen molar-refractivity contribution in [2.45, 2.75) is 84.0 Å². The molecule has 0 aromatic heterocycles. The molecule has 0 saturated carbocycles. The molecule has 0 heterocycles. The fourth-order valence-electron chi connectivity index (χ4n) is 4.12. The third-order valence-corrected chi connectivity index (χ3v) is 7.57. The van der Waals surface area contributed by atoms with Gasteiger partial charge >= 0.3 is 15.2 Å². The second-order valence-corrected chi connectivity index (χ2v) is 10.3. The predicted octanol–water partition coefficient (Wildman–Crippen LogP) is 3.14. The molecule has 10 heteroatoms. The van der Waals surface area contributed by atoms with Gasteiger partial charge in [-0.25, -0.2) is 0 Å². The maximum Gasteiger partial charge on any atom is 0.327 e. The van der Waals surface area contributed by atoms with Crippen LogP contribution in [0.4, 0.5) is 0 Å². The zero-order valence-corrected chi connectivity index (χ0v) is 18.7. The van der Waals surface area contributed by atoms with E-state index >= 15 is 0 Å². The molecule has 0 fully saturated rings. The van der Waals surface area contributed by atoms with Crippen LogP contribution in [-0.4, -0.2) is 61.2 Å². The Bertz CT molecular complexity index is 465. The van der Waals surface area contributed by atoms with E-state index in [1.807, 2.05) is 39.5 Å². The van der Waals surface area contributed by atoms with Crippen LogP contribution in [0.1, 0.15) is 66.7 Å². The van der Waals surface area contributed by atoms with Crippen molar-refractivity contribution in [1.29, 1.82) is 0 Å². The smallest absolute Gasteiger partial charge is 0.327 e. The molecular formula is C16H37NO7P2. The van der Waals surface area contributed by atoms with Crippen LogP contribution >= 0.6 is 15.2 Å². The molecule has 0 aromatic rings. The molecule has 8 nitrogen and oxygen atoms in total. The summed E-state index contributed by atoms with van der Waals surface area (Å²) < 4.78 is 29.5. The van der Waals surface area contributed by atoms with Gasteiger partial charge in [0, 0.05) is 18.2 Å². The Morgan fingerprint density at radius 3 is 1.27 bits per heavy atom. The van der Waals surface area contributed by atoms with E-state index in [-0.39, 0.29) is 12.3 Å². The van der Waals surface area contributed by atoms with Gasteiger partial charge in [-0.15, -0.1) is 0 Å². The predicted molar refractivity (Wildman–Crippen MR) is 103 cm³/mol. The quantitative estimate of drug-likeness (QED) is 0.266. The zero-order valence-electron chi connectivity index (χ0n) is 16.9. The lowest BCUT2D eigenvalue weighted by molar-refractivity contribution is -0.148. The van der Waals surface area contributed by atoms with Crippen molar-refractivity contribution in [2.24, 2.45) is 0 Å². The molecule has 0 aliphatic heterocycles. The van der Waals surface area contributed by atoms with Crippen molar-refractivity contribution in [3.63, 3.8) is 0 Å². The number of methoxy groups -OCH3 is 1. The van der Waals surface area contributed by atoms with Crippen molar-refractivity contribution in [2.75, 3.05) is 19.4 Å². The summed E-state index contributed by atoms with van der Waals surface area (Å²) >= 11 is 0. The fraction of sp³-hybridized carbons (Fsp3) is 1.00. The highest BCUT2D eigenvalue weighted by molar-refractivity contribution is 7.52. The first kappa shape index (κ1) is 26.2. The van der Waals surface area contributed by atoms with E-state index < -0.39 is 32.5 Å². The van der Waals surface area contributed by atoms with Gasteiger partial charge in [0.1, 0.15) is 6.23 Å². The second-order valence-electron chi connectivity index (χ2n) is 6.98. The molecule has 0 spiro atoms. The third-order valence-electron chi connectivity index (χ3n) is 5.56. The minimum absolute atomic E-state index is 0.379. The van der Waals surface area contributed by atoms with Crippen molar-refractivity contribution in [1.82, 2.24) is 4.90 Å². The van der Waals surface area contributed by atoms with Gasteiger partial charge in [0.05, 0.1) is 12.3 Å². The van der Waals surface area contributed by atoms with E-state index in [1.165, 1.54) is 7.11 Å². The Morgan fingerprint density at radius 2 is 1.12 bits per heavy atom. The van der Waals surface area contributed by atoms with Gasteiger partial charge in [-0.3, -0.25) is 14.0 Å². The fourth-order valence-corrected chi connectivity index (χ4v) is 6.85. The SMILES string of the molecule is CCC(OC)N(C(CC)(CC)CP(=O)(O)O)C(CC)(CC)CP(=O)(O)O. The number of hydrogen-bond donors (Lipinski definition) is 4. The van der Waals surface area contributed by atoms with E-state index in [0.29, 0.717) is 32.1 Å². The lowest BCUT2D eigenvalue weighted by Gasteiger charge is -2.56. The number of ether oxygens (including phenoxy) is 1. The maximum atomic E-state index is 11.9. The summed E-state index contributed by atoms with van der Waals surface area (Å²) in [6.07, 6.45) is 0.977. The summed E-state index contributed by atoms with van der Waals surface area (Å²) in [5.74, 6) is 0. The summed E-state index contributed by atoms with van der Waals surface area (Å²) in [7, 11) is -7.22. The molecule has 0 radical (unpaired) electrons. The van der Waals surface area contributed by atoms with Gasteiger partial charge in [-0.1, -0.05) is 34.6 Å². The highest BCUT2D eigenvalue weighted by Gasteiger charge is 2.52. The Hall–Kier alpha value is 0.220. The number of rotatable bonds is 13. The number of hydrogen-bond acceptors (Lipinski definition) is 4. The molecule has 0 aliphatic carbocycles. The minimum atomic E-state index is -4.37. The van der Waals surface area contributed by atoms with E-state index in [9.17, 15) is 28.7 Å². The summed E-state index contributed by atoms with van der Waals surface area (Å²) in [6.45, 7) is 9.29. The third kappa shape index (κ3) is 6.68. The molecular weight excluding hydrogens is 380 g/mol. The van der Waals surface area contributed by atoms with E-state index in [2.05, 4.69) is 0 Å². The summed E-state index contributed by atoms with van der Waals surface area (Å²) in [6, 6.07) is 0. The summed E-state index contributed by atoms with van der Waals surface area (Å²) in [4.78, 5) is 40.8. The molecule has 158 valence electrons. The second kappa shape index (κ2) is 10.1. The Balaban J connectivity index is 6.65. The average molecular weight is 417 g/mol. The maximum absolute atomic E-state index is 11.9. The zero-order chi connectivity index (χ0) is 20.8. The van der Waals surface area contributed by atoms with Gasteiger partial charge in [0.15, 0.2) is 0 Å². The lowest BCUT2D eigenvalue weighted by Crippen LogP contribution is -2.66. The van der Waals surface area contributed by atoms with Gasteiger partial charge in [0.2, 0.25) is 0 Å². The molecule has 0 aliphatic rings. The molecule has 1 unspecified atom stereocenters. The van der Waals surface area contributed by atoms with Crippen LogP contribution in [0.2, 0.25) is 0 Å². The van der Waals surface area contributed by atoms with Crippen molar-refractivity contribution >= 4 is 15.2 Å². The first-order valence-corrected chi connectivity index (χ1v) is 12.8. The molecule has 4 N–H and O–H groups in total. The Kier molecular flexibility index (Phi) is 10.2. The molecule has 0 rings (SSSR count). The Morgan fingerprint density at radius 1 is 0.808 bits per heavy atom. The largest absolute Gasteiger partial charge is 0.366 e. The monoisotopic (exact) mass is 417 g/mol. The van der Waals surface area contributed by atoms with E-state index in [4.69, 9.17) is 4.74 Å². The van der Waals surface area contributed by atoms with E-state index in [1.54, 1.807) is 0 Å². The van der Waals surface area contributed by atoms with Crippen LogP contribution in [0.25, 0.3) is 0 Å². The van der Waals surface area contributed by atoms with Gasteiger partial charge in [0.25, 0.3) is 0 Å².